The minimum Gasteiger partial charge on any atom is -0.345 e. The Hall–Kier alpha value is -3.48. The molecule has 0 spiro atoms. The van der Waals surface area contributed by atoms with Crippen molar-refractivity contribution in [1.29, 1.82) is 0 Å². The number of carbonyl (C=O) groups excluding carboxylic acids is 4. The average molecular weight is 436 g/mol. The molecule has 0 saturated carbocycles. The zero-order chi connectivity index (χ0) is 23.4. The van der Waals surface area contributed by atoms with E-state index >= 15 is 0 Å². The first kappa shape index (κ1) is 23.2. The van der Waals surface area contributed by atoms with Gasteiger partial charge in [0.25, 0.3) is 23.6 Å². The van der Waals surface area contributed by atoms with Gasteiger partial charge < -0.3 is 9.80 Å². The lowest BCUT2D eigenvalue weighted by molar-refractivity contribution is 0.0651. The average Bonchev–Trinajstić information content (AvgIpc) is 3.04. The molecule has 1 aliphatic heterocycles. The van der Waals surface area contributed by atoms with E-state index in [4.69, 9.17) is 0 Å². The predicted molar refractivity (Wildman–Crippen MR) is 122 cm³/mol. The van der Waals surface area contributed by atoms with Crippen molar-refractivity contribution in [2.24, 2.45) is 0 Å². The molecule has 7 nitrogen and oxygen atoms in total. The Morgan fingerprint density at radius 2 is 1.47 bits per heavy atom. The maximum Gasteiger partial charge on any atom is 0.261 e. The summed E-state index contributed by atoms with van der Waals surface area (Å²) in [6.45, 7) is 5.12. The van der Waals surface area contributed by atoms with Crippen LogP contribution in [0, 0.1) is 0 Å². The van der Waals surface area contributed by atoms with E-state index in [0.717, 1.165) is 18.4 Å². The number of amides is 4. The number of carbonyl (C=O) groups is 4. The lowest BCUT2D eigenvalue weighted by Gasteiger charge is -2.21. The molecule has 3 rings (SSSR count). The first-order chi connectivity index (χ1) is 15.3. The van der Waals surface area contributed by atoms with Crippen molar-refractivity contribution < 1.29 is 19.2 Å². The van der Waals surface area contributed by atoms with Crippen LogP contribution in [0.3, 0.4) is 0 Å². The first-order valence-corrected chi connectivity index (χ1v) is 10.9. The van der Waals surface area contributed by atoms with Gasteiger partial charge in [-0.2, -0.15) is 0 Å². The molecular formula is C25H29N3O4. The quantitative estimate of drug-likeness (QED) is 0.595. The third-order valence-corrected chi connectivity index (χ3v) is 5.60. The topological polar surface area (TPSA) is 78.0 Å². The van der Waals surface area contributed by atoms with Gasteiger partial charge in [-0.05, 0) is 49.2 Å². The second kappa shape index (κ2) is 9.77. The summed E-state index contributed by atoms with van der Waals surface area (Å²) in [5.74, 6) is -0.921. The van der Waals surface area contributed by atoms with Gasteiger partial charge in [0, 0.05) is 44.9 Å². The number of benzene rings is 2. The zero-order valence-corrected chi connectivity index (χ0v) is 19.1. The minimum absolute atomic E-state index is 0.0784. The first-order valence-electron chi connectivity index (χ1n) is 10.9. The van der Waals surface area contributed by atoms with Gasteiger partial charge in [-0.25, -0.2) is 0 Å². The molecule has 2 aromatic rings. The highest BCUT2D eigenvalue weighted by molar-refractivity contribution is 6.22. The highest BCUT2D eigenvalue weighted by Gasteiger charge is 2.35. The third-order valence-electron chi connectivity index (χ3n) is 5.60. The molecule has 2 aromatic carbocycles. The summed E-state index contributed by atoms with van der Waals surface area (Å²) < 4.78 is 0. The molecule has 4 amide bonds. The highest BCUT2D eigenvalue weighted by atomic mass is 16.2. The van der Waals surface area contributed by atoms with Crippen LogP contribution in [-0.4, -0.2) is 65.5 Å². The molecule has 168 valence electrons. The van der Waals surface area contributed by atoms with Crippen LogP contribution >= 0.6 is 0 Å². The van der Waals surface area contributed by atoms with Crippen molar-refractivity contribution in [3.05, 3.63) is 70.3 Å². The molecule has 1 heterocycles. The Labute approximate surface area is 188 Å². The fourth-order valence-electron chi connectivity index (χ4n) is 3.68. The fourth-order valence-corrected chi connectivity index (χ4v) is 3.68. The van der Waals surface area contributed by atoms with Crippen molar-refractivity contribution in [2.45, 2.75) is 33.2 Å². The second-order valence-corrected chi connectivity index (χ2v) is 8.09. The van der Waals surface area contributed by atoms with Gasteiger partial charge in [0.1, 0.15) is 0 Å². The second-order valence-electron chi connectivity index (χ2n) is 8.09. The van der Waals surface area contributed by atoms with Gasteiger partial charge in [-0.3, -0.25) is 24.1 Å². The smallest absolute Gasteiger partial charge is 0.261 e. The van der Waals surface area contributed by atoms with Crippen LogP contribution < -0.4 is 0 Å². The van der Waals surface area contributed by atoms with Gasteiger partial charge in [0.05, 0.1) is 11.1 Å². The van der Waals surface area contributed by atoms with Crippen LogP contribution in [0.25, 0.3) is 0 Å². The van der Waals surface area contributed by atoms with E-state index in [1.165, 1.54) is 15.9 Å². The van der Waals surface area contributed by atoms with Crippen LogP contribution in [0.15, 0.2) is 42.5 Å². The SMILES string of the molecule is CCCCN1C(=O)c2ccc(C(=O)N(CC)Cc3ccc(C(=O)N(C)C)cc3)cc2C1=O. The van der Waals surface area contributed by atoms with Crippen LogP contribution in [0.2, 0.25) is 0 Å². The Bertz CT molecular complexity index is 1040. The van der Waals surface area contributed by atoms with Gasteiger partial charge in [0.2, 0.25) is 0 Å². The lowest BCUT2D eigenvalue weighted by atomic mass is 10.0. The number of hydrogen-bond donors (Lipinski definition) is 0. The van der Waals surface area contributed by atoms with E-state index in [0.29, 0.717) is 41.9 Å². The standard InChI is InChI=1S/C25H29N3O4/c1-5-7-14-28-24(31)20-13-12-19(15-21(20)25(28)32)23(30)27(6-2)16-17-8-10-18(11-9-17)22(29)26(3)4/h8-13,15H,5-7,14,16H2,1-4H3. The molecule has 0 atom stereocenters. The van der Waals surface area contributed by atoms with E-state index in [1.807, 2.05) is 26.0 Å². The molecule has 0 aromatic heterocycles. The Balaban J connectivity index is 1.77. The molecule has 1 aliphatic rings. The van der Waals surface area contributed by atoms with Crippen molar-refractivity contribution in [3.8, 4) is 0 Å². The summed E-state index contributed by atoms with van der Waals surface area (Å²) in [6.07, 6.45) is 1.63. The van der Waals surface area contributed by atoms with Gasteiger partial charge in [-0.15, -0.1) is 0 Å². The molecule has 7 heteroatoms. The summed E-state index contributed by atoms with van der Waals surface area (Å²) in [5, 5.41) is 0. The Kier molecular flexibility index (Phi) is 7.08. The van der Waals surface area contributed by atoms with E-state index in [-0.39, 0.29) is 23.6 Å². The number of imide groups is 1. The Morgan fingerprint density at radius 3 is 2.06 bits per heavy atom. The van der Waals surface area contributed by atoms with Crippen LogP contribution in [0.4, 0.5) is 0 Å². The summed E-state index contributed by atoms with van der Waals surface area (Å²) in [4.78, 5) is 54.9. The maximum atomic E-state index is 13.1. The van der Waals surface area contributed by atoms with Gasteiger partial charge in [-0.1, -0.05) is 25.5 Å². The molecule has 0 unspecified atom stereocenters. The predicted octanol–water partition coefficient (Wildman–Crippen LogP) is 3.45. The number of unbranched alkanes of at least 4 members (excludes halogenated alkanes) is 1. The van der Waals surface area contributed by atoms with E-state index in [1.54, 1.807) is 43.3 Å². The molecule has 0 aliphatic carbocycles. The fraction of sp³-hybridized carbons (Fsp3) is 0.360. The molecule has 0 N–H and O–H groups in total. The zero-order valence-electron chi connectivity index (χ0n) is 19.1. The Morgan fingerprint density at radius 1 is 0.844 bits per heavy atom. The number of nitrogens with zero attached hydrogens (tertiary/aromatic N) is 3. The van der Waals surface area contributed by atoms with Gasteiger partial charge >= 0.3 is 0 Å². The van der Waals surface area contributed by atoms with Crippen molar-refractivity contribution >= 4 is 23.6 Å². The number of fused-ring (bicyclic) bond motifs is 1. The number of hydrogen-bond acceptors (Lipinski definition) is 4. The van der Waals surface area contributed by atoms with E-state index in [2.05, 4.69) is 0 Å². The van der Waals surface area contributed by atoms with E-state index < -0.39 is 0 Å². The molecule has 0 saturated heterocycles. The van der Waals surface area contributed by atoms with Crippen LogP contribution in [-0.2, 0) is 6.54 Å². The summed E-state index contributed by atoms with van der Waals surface area (Å²) in [5.41, 5.74) is 2.51. The molecular weight excluding hydrogens is 406 g/mol. The lowest BCUT2D eigenvalue weighted by Crippen LogP contribution is -2.31. The van der Waals surface area contributed by atoms with Crippen LogP contribution in [0.5, 0.6) is 0 Å². The molecule has 0 bridgehead atoms. The van der Waals surface area contributed by atoms with Crippen LogP contribution in [0.1, 0.15) is 73.7 Å². The molecule has 32 heavy (non-hydrogen) atoms. The highest BCUT2D eigenvalue weighted by Crippen LogP contribution is 2.25. The summed E-state index contributed by atoms with van der Waals surface area (Å²) in [7, 11) is 3.40. The monoisotopic (exact) mass is 435 g/mol. The molecule has 0 radical (unpaired) electrons. The minimum atomic E-state index is -0.336. The summed E-state index contributed by atoms with van der Waals surface area (Å²) in [6, 6.07) is 11.9. The third kappa shape index (κ3) is 4.56. The maximum absolute atomic E-state index is 13.1. The van der Waals surface area contributed by atoms with E-state index in [9.17, 15) is 19.2 Å². The largest absolute Gasteiger partial charge is 0.345 e. The normalized spacial score (nSPS) is 12.7. The van der Waals surface area contributed by atoms with Crippen molar-refractivity contribution in [3.63, 3.8) is 0 Å². The summed E-state index contributed by atoms with van der Waals surface area (Å²) >= 11 is 0. The molecule has 0 fully saturated rings. The number of rotatable bonds is 8. The van der Waals surface area contributed by atoms with Crippen molar-refractivity contribution in [2.75, 3.05) is 27.2 Å². The van der Waals surface area contributed by atoms with Crippen molar-refractivity contribution in [1.82, 2.24) is 14.7 Å². The van der Waals surface area contributed by atoms with Gasteiger partial charge in [0.15, 0.2) is 0 Å².